The molecule has 13 aromatic rings. The number of para-hydroxylation sites is 1. The number of hydrogen-bond acceptors (Lipinski definition) is 31. The summed E-state index contributed by atoms with van der Waals surface area (Å²) in [6, 6.07) is 80.7. The summed E-state index contributed by atoms with van der Waals surface area (Å²) in [5.74, 6) is 1.24. The molecule has 6 aliphatic rings. The predicted octanol–water partition coefficient (Wildman–Crippen LogP) is 23.5. The fraction of sp³-hybridized carbons (Fsp3) is 0.264. The molecule has 0 radical (unpaired) electrons. The van der Waals surface area contributed by atoms with Crippen LogP contribution in [-0.2, 0) is 93.0 Å². The van der Waals surface area contributed by atoms with Crippen LogP contribution in [0, 0.1) is 39.5 Å². The molecule has 19 rings (SSSR count). The van der Waals surface area contributed by atoms with Gasteiger partial charge in [0.2, 0.25) is 0 Å². The summed E-state index contributed by atoms with van der Waals surface area (Å²) in [4.78, 5) is 4.68. The van der Waals surface area contributed by atoms with E-state index in [4.69, 9.17) is 47.6 Å². The summed E-state index contributed by atoms with van der Waals surface area (Å²) in [5, 5.41) is 40.6. The van der Waals surface area contributed by atoms with Crippen molar-refractivity contribution in [1.29, 1.82) is 0 Å². The van der Waals surface area contributed by atoms with Gasteiger partial charge in [0.1, 0.15) is 37.2 Å². The number of oxime groups is 6. The maximum atomic E-state index is 12.6. The van der Waals surface area contributed by atoms with Crippen LogP contribution in [0.1, 0.15) is 149 Å². The van der Waals surface area contributed by atoms with Gasteiger partial charge in [-0.3, -0.25) is 25.7 Å². The van der Waals surface area contributed by atoms with Crippen LogP contribution >= 0.6 is 58.6 Å². The molecular weight excluding hydrogens is 2050 g/mol. The van der Waals surface area contributed by atoms with Crippen molar-refractivity contribution in [2.75, 3.05) is 19.1 Å². The molecule has 0 saturated heterocycles. The predicted molar refractivity (Wildman–Crippen MR) is 574 cm³/mol. The number of benzene rings is 13. The van der Waals surface area contributed by atoms with E-state index in [1.807, 2.05) is 151 Å². The third-order valence-corrected chi connectivity index (χ3v) is 33.7. The number of aryl methyl sites for hydroxylation is 4. The number of nitrogens with zero attached hydrogens (tertiary/aromatic N) is 6. The van der Waals surface area contributed by atoms with Gasteiger partial charge in [0.05, 0.1) is 60.0 Å². The topological polar surface area (TPSA) is 373 Å². The van der Waals surface area contributed by atoms with Crippen LogP contribution in [0.4, 0.5) is 0 Å². The van der Waals surface area contributed by atoms with Crippen LogP contribution in [0.3, 0.4) is 0 Å². The second kappa shape index (κ2) is 45.6. The van der Waals surface area contributed by atoms with Crippen molar-refractivity contribution in [3.05, 3.63) is 333 Å². The number of ether oxygens (including phenoxy) is 2. The molecular formula is C106H107ClN6O21S10. The molecule has 0 aromatic heterocycles. The van der Waals surface area contributed by atoms with Crippen LogP contribution in [0.15, 0.2) is 337 Å². The van der Waals surface area contributed by atoms with Gasteiger partial charge >= 0.3 is 60.7 Å². The Balaban J connectivity index is 0.000000138. The average Bonchev–Trinajstić information content (AvgIpc) is 0.763. The van der Waals surface area contributed by atoms with Crippen LogP contribution in [0.2, 0.25) is 5.02 Å². The fourth-order valence-electron chi connectivity index (χ4n) is 15.9. The molecule has 0 spiro atoms. The van der Waals surface area contributed by atoms with E-state index in [9.17, 15) is 50.5 Å². The summed E-state index contributed by atoms with van der Waals surface area (Å²) in [6.45, 7) is 26.3. The molecule has 0 amide bonds. The van der Waals surface area contributed by atoms with Crippen LogP contribution in [-0.4, -0.2) is 135 Å². The van der Waals surface area contributed by atoms with E-state index in [2.05, 4.69) is 120 Å². The number of aliphatic hydroxyl groups excluding tert-OH is 1. The van der Waals surface area contributed by atoms with Crippen LogP contribution in [0.5, 0.6) is 11.5 Å². The van der Waals surface area contributed by atoms with Gasteiger partial charge in [0.25, 0.3) is 0 Å². The fourth-order valence-corrected chi connectivity index (χ4v) is 24.4. The largest absolute Gasteiger partial charge is 0.492 e. The van der Waals surface area contributed by atoms with Gasteiger partial charge in [0.15, 0.2) is 0 Å². The maximum Gasteiger partial charge on any atom is 0.358 e. The van der Waals surface area contributed by atoms with Gasteiger partial charge in [-0.25, -0.2) is 0 Å². The lowest BCUT2D eigenvalue weighted by Crippen LogP contribution is -2.27. The van der Waals surface area contributed by atoms with Crippen molar-refractivity contribution in [2.45, 2.75) is 188 Å². The third kappa shape index (κ3) is 27.8. The molecule has 13 aromatic carbocycles. The first-order chi connectivity index (χ1) is 68.1. The normalized spacial score (nSPS) is 19.4. The highest BCUT2D eigenvalue weighted by Gasteiger charge is 2.37. The van der Waals surface area contributed by atoms with E-state index in [-0.39, 0.29) is 58.9 Å². The van der Waals surface area contributed by atoms with Gasteiger partial charge < -0.3 is 14.6 Å². The zero-order valence-electron chi connectivity index (χ0n) is 81.3. The molecule has 38 heteroatoms. The number of rotatable bonds is 17. The Kier molecular flexibility index (Phi) is 34.2. The SMILES string of the molecule is CC1(C)C/C(=N\OS(C)(=O)=O)c2c(ccc3ccccc23)S1.CC1COc2ccc(CO)cc2/C1=N/OS(C)(=O)=O.Cc1ccc(S(=O)(=O)O/N=C2/c3c(ccc4ccccc34)SC(C)C2C)cc1.Cc1ccc(S(=O)(=O)O/N=C2\CC(C)(C)Sc3ccc(Cl)cc32)cc1.Cc1ccc(S(=O)(=O)O/N=C2\CC(C)Oc3ccccc32)cc1.Cc1ccc(S(=O)(=O)O/N=C2\CC(C)Sc3ccc4ccccc4c32)cc1. The minimum absolute atomic E-state index is 0.0523. The first kappa shape index (κ1) is 108. The second-order valence-corrected chi connectivity index (χ2v) is 52.4. The standard InChI is InChI=1S/C22H21NO3S2.C21H19NO3S2.C18H18ClNO3S2.C17H17NO4S.C16H17NO3S2.C12H15NO5S/c1-14-8-11-18(12-9-14)28(24,25)26-23-22-15(2)16(3)27-20-13-10-17-6-4-5-7-19(17)21(20)22;1-14-7-10-17(11-8-14)27(23,24)25-22-19-13-15(2)26-20-12-9-16-5-3-4-6-18(16)21(19)20;1-12-4-7-14(8-5-12)25(21,22)23-20-16-11-18(2,3)24-17-9-6-13(19)10-15(16)17;1-12-7-9-14(10-8-12)23(19,20)22-18-16-11-13(2)21-17-6-4-3-5-15(16)17;1-16(2)10-13(17-20-22(3,18)19)15-12-7-5-4-6-11(12)8-9-14(15)21-16;1-8-7-17-11-4-3-9(6-14)5-10(11)12(8)13-18-19(2,15)16/h4-13,15-16H,1-3H3;3-12,15H,13H2,1-2H3;4-10H,11H2,1-3H3;3-10,13H,11H2,1-2H3;4-9H,10H2,1-3H3;3-5,8,14H,6-7H2,1-2H3/b23-22+;22-19+;20-16+;18-16+;17-13+;13-12+. The molecule has 0 fully saturated rings. The smallest absolute Gasteiger partial charge is 0.358 e. The average molecular weight is 2160 g/mol. The van der Waals surface area contributed by atoms with Crippen molar-refractivity contribution in [3.63, 3.8) is 0 Å². The number of thioether (sulfide) groups is 4. The van der Waals surface area contributed by atoms with Crippen LogP contribution in [0.25, 0.3) is 32.3 Å². The summed E-state index contributed by atoms with van der Waals surface area (Å²) < 4.78 is 184. The van der Waals surface area contributed by atoms with E-state index in [0.717, 1.165) is 114 Å². The minimum atomic E-state index is -3.97. The third-order valence-electron chi connectivity index (χ3n) is 23.2. The Hall–Kier alpha value is -11.6. The highest BCUT2D eigenvalue weighted by Crippen LogP contribution is 2.48. The first-order valence-electron chi connectivity index (χ1n) is 45.5. The Morgan fingerprint density at radius 1 is 0.382 bits per heavy atom. The first-order valence-corrected chi connectivity index (χ1v) is 58.5. The Bertz CT molecular complexity index is 7950. The van der Waals surface area contributed by atoms with E-state index >= 15 is 0 Å². The summed E-state index contributed by atoms with van der Waals surface area (Å²) in [6.07, 6.45) is 4.21. The van der Waals surface area contributed by atoms with Crippen molar-refractivity contribution in [1.82, 2.24) is 0 Å². The van der Waals surface area contributed by atoms with Gasteiger partial charge in [0, 0.05) is 115 Å². The number of hydrogen-bond donors (Lipinski definition) is 1. The monoisotopic (exact) mass is 2150 g/mol. The molecule has 1 N–H and O–H groups in total. The number of fused-ring (bicyclic) bond motifs is 12. The second-order valence-electron chi connectivity index (χ2n) is 36.3. The molecule has 5 atom stereocenters. The Morgan fingerprint density at radius 3 is 1.28 bits per heavy atom. The van der Waals surface area contributed by atoms with E-state index in [1.165, 1.54) is 48.5 Å². The van der Waals surface area contributed by atoms with E-state index in [0.29, 0.717) is 99.5 Å². The highest BCUT2D eigenvalue weighted by atomic mass is 35.5. The molecule has 0 saturated carbocycles. The van der Waals surface area contributed by atoms with Crippen LogP contribution < -0.4 is 9.47 Å². The zero-order chi connectivity index (χ0) is 104. The van der Waals surface area contributed by atoms with Crippen molar-refractivity contribution >= 4 is 186 Å². The molecule has 754 valence electrons. The number of halogens is 1. The molecule has 5 unspecified atom stereocenters. The molecule has 0 aliphatic carbocycles. The van der Waals surface area contributed by atoms with Gasteiger partial charge in [-0.2, -0.15) is 50.5 Å². The van der Waals surface area contributed by atoms with Gasteiger partial charge in [-0.1, -0.05) is 250 Å². The summed E-state index contributed by atoms with van der Waals surface area (Å²) >= 11 is 13.1. The lowest BCUT2D eigenvalue weighted by atomic mass is 9.91. The molecule has 144 heavy (non-hydrogen) atoms. The van der Waals surface area contributed by atoms with Gasteiger partial charge in [-0.05, 0) is 209 Å². The van der Waals surface area contributed by atoms with Gasteiger partial charge in [-0.15, -0.1) is 47.0 Å². The number of aliphatic hydroxyl groups is 1. The van der Waals surface area contributed by atoms with Crippen molar-refractivity contribution in [3.8, 4) is 11.5 Å². The van der Waals surface area contributed by atoms with Crippen molar-refractivity contribution < 1.29 is 90.8 Å². The molecule has 0 bridgehead atoms. The summed E-state index contributed by atoms with van der Waals surface area (Å²) in [5.41, 5.74) is 13.4. The zero-order valence-corrected chi connectivity index (χ0v) is 90.2. The molecule has 6 aliphatic heterocycles. The van der Waals surface area contributed by atoms with E-state index < -0.39 is 60.7 Å². The Morgan fingerprint density at radius 2 is 0.785 bits per heavy atom. The molecule has 6 heterocycles. The lowest BCUT2D eigenvalue weighted by molar-refractivity contribution is 0.219. The minimum Gasteiger partial charge on any atom is -0.492 e. The quantitative estimate of drug-likeness (QED) is 0.0827. The highest BCUT2D eigenvalue weighted by molar-refractivity contribution is 8.01. The lowest BCUT2D eigenvalue weighted by Gasteiger charge is -2.31. The van der Waals surface area contributed by atoms with E-state index in [1.54, 1.807) is 120 Å². The Labute approximate surface area is 863 Å². The summed E-state index contributed by atoms with van der Waals surface area (Å²) in [7, 11) is -23.0. The van der Waals surface area contributed by atoms with Crippen molar-refractivity contribution in [2.24, 2.45) is 42.8 Å². The molecule has 27 nitrogen and oxygen atoms in total. The maximum absolute atomic E-state index is 12.6.